The van der Waals surface area contributed by atoms with Gasteiger partial charge in [0.1, 0.15) is 5.75 Å². The molecule has 0 fully saturated rings. The highest BCUT2D eigenvalue weighted by Crippen LogP contribution is 2.32. The van der Waals surface area contributed by atoms with Gasteiger partial charge in [0, 0.05) is 13.1 Å². The molecule has 1 aliphatic heterocycles. The van der Waals surface area contributed by atoms with Crippen LogP contribution in [0.5, 0.6) is 17.2 Å². The Balaban J connectivity index is 1.52. The van der Waals surface area contributed by atoms with Gasteiger partial charge in [0.15, 0.2) is 11.5 Å². The molecule has 5 nitrogen and oxygen atoms in total. The first-order valence-corrected chi connectivity index (χ1v) is 8.10. The lowest BCUT2D eigenvalue weighted by atomic mass is 10.2. The van der Waals surface area contributed by atoms with E-state index in [0.717, 1.165) is 22.8 Å². The van der Waals surface area contributed by atoms with Crippen LogP contribution in [0.1, 0.15) is 18.9 Å². The van der Waals surface area contributed by atoms with Crippen LogP contribution in [0.3, 0.4) is 0 Å². The molecule has 0 N–H and O–H groups in total. The van der Waals surface area contributed by atoms with E-state index in [1.165, 1.54) is 0 Å². The normalized spacial score (nSPS) is 12.0. The fourth-order valence-electron chi connectivity index (χ4n) is 2.57. The molecule has 0 atom stereocenters. The van der Waals surface area contributed by atoms with Gasteiger partial charge in [-0.05, 0) is 36.8 Å². The molecule has 0 aliphatic carbocycles. The van der Waals surface area contributed by atoms with E-state index in [4.69, 9.17) is 14.2 Å². The maximum Gasteiger partial charge on any atom is 0.231 e. The van der Waals surface area contributed by atoms with Crippen molar-refractivity contribution in [2.75, 3.05) is 19.9 Å². The second kappa shape index (κ2) is 7.73. The van der Waals surface area contributed by atoms with Crippen LogP contribution >= 0.6 is 0 Å². The Kier molecular flexibility index (Phi) is 5.21. The third-order valence-corrected chi connectivity index (χ3v) is 3.87. The van der Waals surface area contributed by atoms with Gasteiger partial charge in [0.25, 0.3) is 0 Å². The zero-order chi connectivity index (χ0) is 16.8. The quantitative estimate of drug-likeness (QED) is 0.783. The van der Waals surface area contributed by atoms with Crippen LogP contribution in [0, 0.1) is 0 Å². The molecule has 2 aromatic carbocycles. The molecule has 2 aromatic rings. The average Bonchev–Trinajstić information content (AvgIpc) is 3.08. The highest BCUT2D eigenvalue weighted by molar-refractivity contribution is 5.76. The topological polar surface area (TPSA) is 48.0 Å². The molecule has 0 aromatic heterocycles. The Bertz CT molecular complexity index is 687. The smallest absolute Gasteiger partial charge is 0.231 e. The summed E-state index contributed by atoms with van der Waals surface area (Å²) < 4.78 is 16.3. The number of nitrogens with zero attached hydrogens (tertiary/aromatic N) is 1. The molecule has 24 heavy (non-hydrogen) atoms. The molecular weight excluding hydrogens is 306 g/mol. The van der Waals surface area contributed by atoms with E-state index >= 15 is 0 Å². The van der Waals surface area contributed by atoms with E-state index in [0.29, 0.717) is 26.1 Å². The third-order valence-electron chi connectivity index (χ3n) is 3.87. The van der Waals surface area contributed by atoms with Gasteiger partial charge in [0.05, 0.1) is 13.0 Å². The summed E-state index contributed by atoms with van der Waals surface area (Å²) in [5.74, 6) is 2.35. The number of amides is 1. The molecule has 1 heterocycles. The zero-order valence-electron chi connectivity index (χ0n) is 13.7. The first-order valence-electron chi connectivity index (χ1n) is 8.10. The standard InChI is InChI=1S/C19H21NO4/c1-2-20(13-15-8-9-17-18(12-15)24-14-23-17)19(21)10-11-22-16-6-4-3-5-7-16/h3-9,12H,2,10-11,13-14H2,1H3. The summed E-state index contributed by atoms with van der Waals surface area (Å²) in [6.45, 7) is 3.81. The van der Waals surface area contributed by atoms with Crippen LogP contribution in [-0.4, -0.2) is 30.8 Å². The zero-order valence-corrected chi connectivity index (χ0v) is 13.7. The molecule has 0 spiro atoms. The van der Waals surface area contributed by atoms with Gasteiger partial charge in [-0.1, -0.05) is 24.3 Å². The summed E-state index contributed by atoms with van der Waals surface area (Å²) in [6, 6.07) is 15.3. The molecule has 1 aliphatic rings. The van der Waals surface area contributed by atoms with Gasteiger partial charge in [-0.25, -0.2) is 0 Å². The van der Waals surface area contributed by atoms with E-state index in [1.807, 2.05) is 60.4 Å². The SMILES string of the molecule is CCN(Cc1ccc2c(c1)OCO2)C(=O)CCOc1ccccc1. The summed E-state index contributed by atoms with van der Waals surface area (Å²) >= 11 is 0. The van der Waals surface area contributed by atoms with Gasteiger partial charge in [-0.2, -0.15) is 0 Å². The monoisotopic (exact) mass is 327 g/mol. The number of benzene rings is 2. The van der Waals surface area contributed by atoms with Crippen molar-refractivity contribution in [2.24, 2.45) is 0 Å². The number of hydrogen-bond acceptors (Lipinski definition) is 4. The Labute approximate surface area is 141 Å². The summed E-state index contributed by atoms with van der Waals surface area (Å²) in [4.78, 5) is 14.2. The molecule has 5 heteroatoms. The number of ether oxygens (including phenoxy) is 3. The second-order valence-electron chi connectivity index (χ2n) is 5.51. The number of hydrogen-bond donors (Lipinski definition) is 0. The summed E-state index contributed by atoms with van der Waals surface area (Å²) in [5, 5.41) is 0. The lowest BCUT2D eigenvalue weighted by molar-refractivity contribution is -0.132. The Morgan fingerprint density at radius 2 is 1.92 bits per heavy atom. The van der Waals surface area contributed by atoms with E-state index in [-0.39, 0.29) is 12.7 Å². The fourth-order valence-corrected chi connectivity index (χ4v) is 2.57. The minimum Gasteiger partial charge on any atom is -0.493 e. The first-order chi connectivity index (χ1) is 11.8. The molecule has 3 rings (SSSR count). The van der Waals surface area contributed by atoms with Crippen molar-refractivity contribution in [1.82, 2.24) is 4.90 Å². The van der Waals surface area contributed by atoms with Gasteiger partial charge < -0.3 is 19.1 Å². The van der Waals surface area contributed by atoms with Crippen LogP contribution in [0.4, 0.5) is 0 Å². The predicted molar refractivity (Wildman–Crippen MR) is 90.2 cm³/mol. The van der Waals surface area contributed by atoms with Gasteiger partial charge in [0.2, 0.25) is 12.7 Å². The molecule has 0 saturated heterocycles. The maximum atomic E-state index is 12.4. The van der Waals surface area contributed by atoms with Crippen molar-refractivity contribution in [3.05, 3.63) is 54.1 Å². The number of carbonyl (C=O) groups is 1. The van der Waals surface area contributed by atoms with Crippen LogP contribution in [0.15, 0.2) is 48.5 Å². The van der Waals surface area contributed by atoms with Gasteiger partial charge in [-0.15, -0.1) is 0 Å². The molecule has 0 saturated carbocycles. The lowest BCUT2D eigenvalue weighted by Crippen LogP contribution is -2.31. The highest BCUT2D eigenvalue weighted by atomic mass is 16.7. The number of carbonyl (C=O) groups excluding carboxylic acids is 1. The van der Waals surface area contributed by atoms with Crippen molar-refractivity contribution in [2.45, 2.75) is 19.9 Å². The molecule has 0 unspecified atom stereocenters. The number of para-hydroxylation sites is 1. The van der Waals surface area contributed by atoms with Crippen LogP contribution in [0.25, 0.3) is 0 Å². The highest BCUT2D eigenvalue weighted by Gasteiger charge is 2.16. The van der Waals surface area contributed by atoms with E-state index in [9.17, 15) is 4.79 Å². The predicted octanol–water partition coefficient (Wildman–Crippen LogP) is 3.23. The lowest BCUT2D eigenvalue weighted by Gasteiger charge is -2.21. The van der Waals surface area contributed by atoms with Gasteiger partial charge in [-0.3, -0.25) is 4.79 Å². The van der Waals surface area contributed by atoms with Crippen molar-refractivity contribution >= 4 is 5.91 Å². The minimum absolute atomic E-state index is 0.0751. The third kappa shape index (κ3) is 3.98. The molecule has 0 radical (unpaired) electrons. The Hall–Kier alpha value is -2.69. The van der Waals surface area contributed by atoms with Crippen LogP contribution in [-0.2, 0) is 11.3 Å². The first kappa shape index (κ1) is 16.2. The van der Waals surface area contributed by atoms with Crippen molar-refractivity contribution in [3.63, 3.8) is 0 Å². The fraction of sp³-hybridized carbons (Fsp3) is 0.316. The van der Waals surface area contributed by atoms with E-state index in [1.54, 1.807) is 0 Å². The number of rotatable bonds is 7. The Morgan fingerprint density at radius 3 is 2.71 bits per heavy atom. The minimum atomic E-state index is 0.0751. The van der Waals surface area contributed by atoms with Crippen molar-refractivity contribution < 1.29 is 19.0 Å². The van der Waals surface area contributed by atoms with Crippen molar-refractivity contribution in [1.29, 1.82) is 0 Å². The molecule has 0 bridgehead atoms. The summed E-state index contributed by atoms with van der Waals surface area (Å²) in [6.07, 6.45) is 0.354. The average molecular weight is 327 g/mol. The Morgan fingerprint density at radius 1 is 1.12 bits per heavy atom. The van der Waals surface area contributed by atoms with Crippen molar-refractivity contribution in [3.8, 4) is 17.2 Å². The van der Waals surface area contributed by atoms with Crippen LogP contribution in [0.2, 0.25) is 0 Å². The maximum absolute atomic E-state index is 12.4. The van der Waals surface area contributed by atoms with E-state index < -0.39 is 0 Å². The molecular formula is C19H21NO4. The molecule has 126 valence electrons. The largest absolute Gasteiger partial charge is 0.493 e. The van der Waals surface area contributed by atoms with Gasteiger partial charge >= 0.3 is 0 Å². The number of fused-ring (bicyclic) bond motifs is 1. The van der Waals surface area contributed by atoms with E-state index in [2.05, 4.69) is 0 Å². The van der Waals surface area contributed by atoms with Crippen LogP contribution < -0.4 is 14.2 Å². The molecule has 1 amide bonds. The summed E-state index contributed by atoms with van der Waals surface area (Å²) in [7, 11) is 0. The summed E-state index contributed by atoms with van der Waals surface area (Å²) in [5.41, 5.74) is 1.03. The second-order valence-corrected chi connectivity index (χ2v) is 5.51.